The van der Waals surface area contributed by atoms with E-state index in [0.29, 0.717) is 6.54 Å². The molecule has 0 saturated carbocycles. The summed E-state index contributed by atoms with van der Waals surface area (Å²) in [4.78, 5) is 8.18. The molecule has 0 saturated heterocycles. The van der Waals surface area contributed by atoms with Gasteiger partial charge in [0.25, 0.3) is 0 Å². The topological polar surface area (TPSA) is 73.2 Å². The molecule has 0 atom stereocenters. The van der Waals surface area contributed by atoms with Crippen LogP contribution in [0.15, 0.2) is 48.7 Å². The predicted octanol–water partition coefficient (Wildman–Crippen LogP) is 4.68. The minimum Gasteiger partial charge on any atom is -0.497 e. The fourth-order valence-electron chi connectivity index (χ4n) is 3.82. The second-order valence-corrected chi connectivity index (χ2v) is 6.85. The van der Waals surface area contributed by atoms with Gasteiger partial charge in [-0.3, -0.25) is 4.98 Å². The maximum absolute atomic E-state index is 5.73. The predicted molar refractivity (Wildman–Crippen MR) is 114 cm³/mol. The summed E-state index contributed by atoms with van der Waals surface area (Å²) in [6, 6.07) is 14.3. The van der Waals surface area contributed by atoms with Crippen LogP contribution in [0, 0.1) is 0 Å². The van der Waals surface area contributed by atoms with Gasteiger partial charge in [-0.25, -0.2) is 0 Å². The highest BCUT2D eigenvalue weighted by atomic mass is 16.5. The highest BCUT2D eigenvalue weighted by molar-refractivity contribution is 6.01. The van der Waals surface area contributed by atoms with E-state index in [1.54, 1.807) is 20.4 Å². The van der Waals surface area contributed by atoms with E-state index in [-0.39, 0.29) is 0 Å². The Hall–Kier alpha value is -3.05. The fourth-order valence-corrected chi connectivity index (χ4v) is 3.82. The van der Waals surface area contributed by atoms with Gasteiger partial charge in [0.05, 0.1) is 19.9 Å². The molecule has 0 bridgehead atoms. The minimum atomic E-state index is 0.705. The molecule has 0 amide bonds. The number of hydrogen-bond acceptors (Lipinski definition) is 4. The lowest BCUT2D eigenvalue weighted by molar-refractivity contribution is 0.415. The van der Waals surface area contributed by atoms with E-state index in [9.17, 15) is 0 Å². The molecule has 2 aromatic carbocycles. The first-order chi connectivity index (χ1) is 13.8. The zero-order valence-corrected chi connectivity index (χ0v) is 16.3. The number of H-pyrrole nitrogens is 1. The second-order valence-electron chi connectivity index (χ2n) is 6.85. The third kappa shape index (κ3) is 3.18. The van der Waals surface area contributed by atoms with Gasteiger partial charge < -0.3 is 20.2 Å². The van der Waals surface area contributed by atoms with E-state index in [1.807, 2.05) is 18.2 Å². The third-order valence-corrected chi connectivity index (χ3v) is 5.22. The monoisotopic (exact) mass is 375 g/mol. The van der Waals surface area contributed by atoms with Crippen molar-refractivity contribution in [2.75, 3.05) is 20.8 Å². The van der Waals surface area contributed by atoms with Gasteiger partial charge in [0, 0.05) is 28.0 Å². The zero-order valence-electron chi connectivity index (χ0n) is 16.3. The molecule has 0 spiro atoms. The van der Waals surface area contributed by atoms with Gasteiger partial charge >= 0.3 is 0 Å². The Bertz CT molecular complexity index is 1120. The molecule has 4 aromatic rings. The van der Waals surface area contributed by atoms with Gasteiger partial charge in [0.2, 0.25) is 0 Å². The number of nitrogens with zero attached hydrogens (tertiary/aromatic N) is 1. The lowest BCUT2D eigenvalue weighted by Crippen LogP contribution is -1.99. The molecule has 0 aliphatic carbocycles. The summed E-state index contributed by atoms with van der Waals surface area (Å²) in [5.74, 6) is 1.64. The molecular weight excluding hydrogens is 350 g/mol. The van der Waals surface area contributed by atoms with Crippen molar-refractivity contribution in [3.63, 3.8) is 0 Å². The Morgan fingerprint density at radius 2 is 1.89 bits per heavy atom. The molecule has 0 aliphatic rings. The van der Waals surface area contributed by atoms with Crippen molar-refractivity contribution < 1.29 is 9.47 Å². The van der Waals surface area contributed by atoms with Crippen LogP contribution >= 0.6 is 0 Å². The quantitative estimate of drug-likeness (QED) is 0.460. The van der Waals surface area contributed by atoms with E-state index >= 15 is 0 Å². The van der Waals surface area contributed by atoms with Crippen molar-refractivity contribution in [1.29, 1.82) is 0 Å². The number of aromatic nitrogens is 2. The third-order valence-electron chi connectivity index (χ3n) is 5.22. The van der Waals surface area contributed by atoms with Gasteiger partial charge in [-0.2, -0.15) is 0 Å². The first-order valence-electron chi connectivity index (χ1n) is 9.57. The number of ether oxygens (including phenoxy) is 2. The maximum Gasteiger partial charge on any atom is 0.145 e. The van der Waals surface area contributed by atoms with Crippen molar-refractivity contribution in [3.8, 4) is 22.8 Å². The van der Waals surface area contributed by atoms with Crippen LogP contribution in [-0.4, -0.2) is 30.7 Å². The largest absolute Gasteiger partial charge is 0.497 e. The number of methoxy groups -OCH3 is 2. The van der Waals surface area contributed by atoms with Gasteiger partial charge in [-0.15, -0.1) is 0 Å². The summed E-state index contributed by atoms with van der Waals surface area (Å²) in [6.07, 6.45) is 4.79. The number of aromatic amines is 1. The average molecular weight is 375 g/mol. The molecule has 0 radical (unpaired) electrons. The molecule has 0 fully saturated rings. The lowest BCUT2D eigenvalue weighted by Gasteiger charge is -2.11. The van der Waals surface area contributed by atoms with Crippen LogP contribution in [-0.2, 0) is 6.42 Å². The number of pyridine rings is 1. The lowest BCUT2D eigenvalue weighted by atomic mass is 9.97. The Balaban J connectivity index is 1.95. The Morgan fingerprint density at radius 3 is 2.68 bits per heavy atom. The second kappa shape index (κ2) is 7.90. The smallest absolute Gasteiger partial charge is 0.145 e. The number of unbranched alkanes of at least 4 members (excludes halogenated alkanes) is 1. The molecule has 5 nitrogen and oxygen atoms in total. The molecule has 5 heteroatoms. The first kappa shape index (κ1) is 18.3. The summed E-state index contributed by atoms with van der Waals surface area (Å²) in [5.41, 5.74) is 11.2. The Morgan fingerprint density at radius 1 is 1.00 bits per heavy atom. The van der Waals surface area contributed by atoms with Gasteiger partial charge in [-0.1, -0.05) is 6.07 Å². The molecule has 0 aliphatic heterocycles. The van der Waals surface area contributed by atoms with Gasteiger partial charge in [0.15, 0.2) is 0 Å². The minimum absolute atomic E-state index is 0.705. The van der Waals surface area contributed by atoms with Crippen molar-refractivity contribution in [1.82, 2.24) is 9.97 Å². The summed E-state index contributed by atoms with van der Waals surface area (Å²) >= 11 is 0. The SMILES string of the molecule is COc1ccc2[nH]c(-c3ccc(OC)c4ncccc34)c(CCCCN)c2c1. The van der Waals surface area contributed by atoms with Crippen LogP contribution in [0.5, 0.6) is 11.5 Å². The van der Waals surface area contributed by atoms with E-state index in [1.165, 1.54) is 10.9 Å². The van der Waals surface area contributed by atoms with E-state index in [4.69, 9.17) is 15.2 Å². The normalized spacial score (nSPS) is 11.2. The highest BCUT2D eigenvalue weighted by Gasteiger charge is 2.17. The first-order valence-corrected chi connectivity index (χ1v) is 9.57. The summed E-state index contributed by atoms with van der Waals surface area (Å²) in [7, 11) is 3.38. The van der Waals surface area contributed by atoms with Gasteiger partial charge in [0.1, 0.15) is 17.0 Å². The molecular formula is C23H25N3O2. The summed E-state index contributed by atoms with van der Waals surface area (Å²) < 4.78 is 11.0. The molecule has 3 N–H and O–H groups in total. The van der Waals surface area contributed by atoms with Crippen LogP contribution in [0.2, 0.25) is 0 Å². The maximum atomic E-state index is 5.73. The molecule has 0 unspecified atom stereocenters. The highest BCUT2D eigenvalue weighted by Crippen LogP contribution is 2.38. The molecule has 28 heavy (non-hydrogen) atoms. The number of benzene rings is 2. The number of nitrogens with one attached hydrogen (secondary N) is 1. The van der Waals surface area contributed by atoms with Crippen LogP contribution in [0.4, 0.5) is 0 Å². The fraction of sp³-hybridized carbons (Fsp3) is 0.261. The van der Waals surface area contributed by atoms with Crippen molar-refractivity contribution in [3.05, 3.63) is 54.2 Å². The van der Waals surface area contributed by atoms with Crippen LogP contribution < -0.4 is 15.2 Å². The number of nitrogens with two attached hydrogens (primary N) is 1. The molecule has 2 aromatic heterocycles. The number of aryl methyl sites for hydroxylation is 1. The molecule has 2 heterocycles. The average Bonchev–Trinajstić information content (AvgIpc) is 3.10. The summed E-state index contributed by atoms with van der Waals surface area (Å²) in [5, 5.41) is 2.26. The molecule has 144 valence electrons. The van der Waals surface area contributed by atoms with Crippen LogP contribution in [0.3, 0.4) is 0 Å². The van der Waals surface area contributed by atoms with Crippen LogP contribution in [0.25, 0.3) is 33.1 Å². The van der Waals surface area contributed by atoms with Crippen molar-refractivity contribution >= 4 is 21.8 Å². The Labute approximate surface area is 164 Å². The van der Waals surface area contributed by atoms with E-state index in [0.717, 1.165) is 58.4 Å². The van der Waals surface area contributed by atoms with Crippen molar-refractivity contribution in [2.45, 2.75) is 19.3 Å². The number of fused-ring (bicyclic) bond motifs is 2. The summed E-state index contributed by atoms with van der Waals surface area (Å²) in [6.45, 7) is 0.705. The zero-order chi connectivity index (χ0) is 19.5. The van der Waals surface area contributed by atoms with E-state index < -0.39 is 0 Å². The molecule has 4 rings (SSSR count). The standard InChI is InChI=1S/C23H25N3O2/c1-27-15-8-10-20-19(14-15)17(6-3-4-12-24)22(26-20)18-9-11-21(28-2)23-16(18)7-5-13-25-23/h5,7-11,13-14,26H,3-4,6,12,24H2,1-2H3. The van der Waals surface area contributed by atoms with Crippen LogP contribution in [0.1, 0.15) is 18.4 Å². The van der Waals surface area contributed by atoms with E-state index in [2.05, 4.69) is 34.2 Å². The number of hydrogen-bond donors (Lipinski definition) is 2. The van der Waals surface area contributed by atoms with Gasteiger partial charge in [-0.05, 0) is 67.8 Å². The Kier molecular flexibility index (Phi) is 5.17. The van der Waals surface area contributed by atoms with Crippen molar-refractivity contribution in [2.24, 2.45) is 5.73 Å². The number of rotatable bonds is 7.